The number of nitrogens with two attached hydrogens (primary N) is 1. The Balaban J connectivity index is 2.00. The number of methoxy groups -OCH3 is 1. The molecule has 1 aromatic carbocycles. The third-order valence-electron chi connectivity index (χ3n) is 3.04. The molecular formula is C15H20FN5O. The van der Waals surface area contributed by atoms with Crippen LogP contribution < -0.4 is 11.1 Å². The zero-order chi connectivity index (χ0) is 15.9. The maximum atomic E-state index is 14.1. The second kappa shape index (κ2) is 7.56. The van der Waals surface area contributed by atoms with Crippen molar-refractivity contribution < 1.29 is 9.13 Å². The molecule has 0 saturated carbocycles. The molecule has 0 saturated heterocycles. The van der Waals surface area contributed by atoms with Crippen molar-refractivity contribution in [3.05, 3.63) is 48.3 Å². The number of nitrogens with zero attached hydrogens (tertiary/aromatic N) is 3. The molecule has 1 heterocycles. The fourth-order valence-corrected chi connectivity index (χ4v) is 2.03. The van der Waals surface area contributed by atoms with Gasteiger partial charge in [-0.15, -0.1) is 0 Å². The lowest BCUT2D eigenvalue weighted by molar-refractivity contribution is 0.179. The van der Waals surface area contributed by atoms with Crippen LogP contribution in [0, 0.1) is 5.82 Å². The maximum absolute atomic E-state index is 14.1. The molecule has 3 N–H and O–H groups in total. The summed E-state index contributed by atoms with van der Waals surface area (Å²) in [4.78, 5) is 8.10. The quantitative estimate of drug-likeness (QED) is 0.625. The van der Waals surface area contributed by atoms with Crippen LogP contribution in [-0.2, 0) is 11.3 Å². The maximum Gasteiger partial charge on any atom is 0.189 e. The van der Waals surface area contributed by atoms with Gasteiger partial charge in [-0.05, 0) is 24.6 Å². The fraction of sp³-hybridized carbons (Fsp3) is 0.333. The summed E-state index contributed by atoms with van der Waals surface area (Å²) in [5, 5.41) is 3.00. The van der Waals surface area contributed by atoms with E-state index in [1.54, 1.807) is 36.5 Å². The monoisotopic (exact) mass is 305 g/mol. The Morgan fingerprint density at radius 3 is 3.00 bits per heavy atom. The number of aliphatic imine (C=N–C) groups is 1. The van der Waals surface area contributed by atoms with Gasteiger partial charge >= 0.3 is 0 Å². The minimum atomic E-state index is -0.329. The molecule has 1 atom stereocenters. The first-order chi connectivity index (χ1) is 10.6. The third kappa shape index (κ3) is 4.29. The van der Waals surface area contributed by atoms with E-state index in [-0.39, 0.29) is 11.9 Å². The van der Waals surface area contributed by atoms with E-state index in [9.17, 15) is 4.39 Å². The zero-order valence-corrected chi connectivity index (χ0v) is 12.7. The standard InChI is InChI=1S/C15H20FN5O/c1-11(9-22-2)20-15(17)19-8-12-3-4-14(13(16)7-12)21-6-5-18-10-21/h3-7,10-11H,8-9H2,1-2H3,(H3,17,19,20). The van der Waals surface area contributed by atoms with Crippen molar-refractivity contribution in [2.45, 2.75) is 19.5 Å². The lowest BCUT2D eigenvalue weighted by atomic mass is 10.2. The lowest BCUT2D eigenvalue weighted by Crippen LogP contribution is -2.40. The van der Waals surface area contributed by atoms with Crippen LogP contribution in [0.4, 0.5) is 4.39 Å². The van der Waals surface area contributed by atoms with Crippen molar-refractivity contribution in [3.63, 3.8) is 0 Å². The van der Waals surface area contributed by atoms with Gasteiger partial charge in [-0.3, -0.25) is 0 Å². The molecule has 0 radical (unpaired) electrons. The second-order valence-electron chi connectivity index (χ2n) is 4.96. The number of hydrogen-bond donors (Lipinski definition) is 2. The van der Waals surface area contributed by atoms with E-state index in [1.807, 2.05) is 13.0 Å². The number of guanidine groups is 1. The number of halogens is 1. The van der Waals surface area contributed by atoms with E-state index in [4.69, 9.17) is 10.5 Å². The van der Waals surface area contributed by atoms with Crippen LogP contribution in [0.15, 0.2) is 41.9 Å². The molecule has 0 aliphatic rings. The fourth-order valence-electron chi connectivity index (χ4n) is 2.03. The molecule has 7 heteroatoms. The smallest absolute Gasteiger partial charge is 0.189 e. The summed E-state index contributed by atoms with van der Waals surface area (Å²) >= 11 is 0. The Hall–Kier alpha value is -2.41. The molecule has 0 amide bonds. The van der Waals surface area contributed by atoms with Gasteiger partial charge in [0.15, 0.2) is 5.96 Å². The molecule has 0 bridgehead atoms. The van der Waals surface area contributed by atoms with Gasteiger partial charge in [0, 0.05) is 25.5 Å². The van der Waals surface area contributed by atoms with Crippen LogP contribution in [0.5, 0.6) is 0 Å². The first-order valence-electron chi connectivity index (χ1n) is 6.92. The molecular weight excluding hydrogens is 285 g/mol. The predicted octanol–water partition coefficient (Wildman–Crippen LogP) is 1.45. The summed E-state index contributed by atoms with van der Waals surface area (Å²) in [6, 6.07) is 5.02. The number of aromatic nitrogens is 2. The van der Waals surface area contributed by atoms with E-state index in [0.717, 1.165) is 5.56 Å². The topological polar surface area (TPSA) is 77.5 Å². The minimum absolute atomic E-state index is 0.0640. The van der Waals surface area contributed by atoms with Gasteiger partial charge in [-0.25, -0.2) is 14.4 Å². The number of ether oxygens (including phenoxy) is 1. The molecule has 1 unspecified atom stereocenters. The molecule has 2 rings (SSSR count). The van der Waals surface area contributed by atoms with Crippen LogP contribution in [-0.4, -0.2) is 35.3 Å². The molecule has 1 aromatic heterocycles. The molecule has 2 aromatic rings. The number of imidazole rings is 1. The van der Waals surface area contributed by atoms with Crippen molar-refractivity contribution >= 4 is 5.96 Å². The molecule has 6 nitrogen and oxygen atoms in total. The molecule has 118 valence electrons. The van der Waals surface area contributed by atoms with Crippen molar-refractivity contribution in [2.24, 2.45) is 10.7 Å². The van der Waals surface area contributed by atoms with Gasteiger partial charge in [0.05, 0.1) is 25.2 Å². The number of rotatable bonds is 6. The Bertz CT molecular complexity index is 627. The lowest BCUT2D eigenvalue weighted by Gasteiger charge is -2.13. The minimum Gasteiger partial charge on any atom is -0.383 e. The second-order valence-corrected chi connectivity index (χ2v) is 4.96. The van der Waals surface area contributed by atoms with Crippen molar-refractivity contribution in [1.82, 2.24) is 14.9 Å². The predicted molar refractivity (Wildman–Crippen MR) is 83.3 cm³/mol. The summed E-state index contributed by atoms with van der Waals surface area (Å²) < 4.78 is 20.7. The highest BCUT2D eigenvalue weighted by Crippen LogP contribution is 2.15. The van der Waals surface area contributed by atoms with Gasteiger partial charge < -0.3 is 20.4 Å². The van der Waals surface area contributed by atoms with E-state index >= 15 is 0 Å². The highest BCUT2D eigenvalue weighted by molar-refractivity contribution is 5.78. The first kappa shape index (κ1) is 16.0. The van der Waals surface area contributed by atoms with Gasteiger partial charge in [0.2, 0.25) is 0 Å². The Labute approximate surface area is 128 Å². The number of benzene rings is 1. The summed E-state index contributed by atoms with van der Waals surface area (Å²) in [5.41, 5.74) is 6.97. The summed E-state index contributed by atoms with van der Waals surface area (Å²) in [5.74, 6) is -0.0198. The van der Waals surface area contributed by atoms with Crippen molar-refractivity contribution in [3.8, 4) is 5.69 Å². The van der Waals surface area contributed by atoms with E-state index < -0.39 is 0 Å². The van der Waals surface area contributed by atoms with Crippen LogP contribution in [0.1, 0.15) is 12.5 Å². The Morgan fingerprint density at radius 1 is 1.55 bits per heavy atom. The molecule has 0 fully saturated rings. The third-order valence-corrected chi connectivity index (χ3v) is 3.04. The molecule has 22 heavy (non-hydrogen) atoms. The average Bonchev–Trinajstić information content (AvgIpc) is 2.99. The van der Waals surface area contributed by atoms with Crippen molar-refractivity contribution in [2.75, 3.05) is 13.7 Å². The van der Waals surface area contributed by atoms with Crippen LogP contribution in [0.2, 0.25) is 0 Å². The van der Waals surface area contributed by atoms with Crippen LogP contribution >= 0.6 is 0 Å². The van der Waals surface area contributed by atoms with Crippen LogP contribution in [0.3, 0.4) is 0 Å². The van der Waals surface area contributed by atoms with E-state index in [2.05, 4.69) is 15.3 Å². The largest absolute Gasteiger partial charge is 0.383 e. The normalized spacial score (nSPS) is 13.1. The Morgan fingerprint density at radius 2 is 2.36 bits per heavy atom. The van der Waals surface area contributed by atoms with Gasteiger partial charge in [-0.2, -0.15) is 0 Å². The zero-order valence-electron chi connectivity index (χ0n) is 12.7. The SMILES string of the molecule is COCC(C)NC(N)=NCc1ccc(-n2ccnc2)c(F)c1. The number of hydrogen-bond acceptors (Lipinski definition) is 3. The molecule has 0 aliphatic carbocycles. The van der Waals surface area contributed by atoms with Gasteiger partial charge in [0.25, 0.3) is 0 Å². The van der Waals surface area contributed by atoms with E-state index in [1.165, 1.54) is 6.07 Å². The first-order valence-corrected chi connectivity index (χ1v) is 6.92. The number of nitrogens with one attached hydrogen (secondary N) is 1. The highest BCUT2D eigenvalue weighted by Gasteiger charge is 2.06. The summed E-state index contributed by atoms with van der Waals surface area (Å²) in [6.45, 7) is 2.77. The molecule has 0 spiro atoms. The van der Waals surface area contributed by atoms with Gasteiger partial charge in [-0.1, -0.05) is 6.07 Å². The van der Waals surface area contributed by atoms with Crippen LogP contribution in [0.25, 0.3) is 5.69 Å². The van der Waals surface area contributed by atoms with Gasteiger partial charge in [0.1, 0.15) is 5.82 Å². The van der Waals surface area contributed by atoms with E-state index in [0.29, 0.717) is 24.8 Å². The summed E-state index contributed by atoms with van der Waals surface area (Å²) in [6.07, 6.45) is 4.84. The Kier molecular flexibility index (Phi) is 5.48. The summed E-state index contributed by atoms with van der Waals surface area (Å²) in [7, 11) is 1.62. The average molecular weight is 305 g/mol. The van der Waals surface area contributed by atoms with Crippen molar-refractivity contribution in [1.29, 1.82) is 0 Å². The molecule has 0 aliphatic heterocycles. The highest BCUT2D eigenvalue weighted by atomic mass is 19.1.